The first-order valence-corrected chi connectivity index (χ1v) is 11.2. The second-order valence-corrected chi connectivity index (χ2v) is 8.81. The van der Waals surface area contributed by atoms with Crippen molar-refractivity contribution in [2.24, 2.45) is 12.0 Å². The predicted octanol–water partition coefficient (Wildman–Crippen LogP) is 4.25. The molecule has 0 aliphatic carbocycles. The summed E-state index contributed by atoms with van der Waals surface area (Å²) in [5, 5.41) is 3.37. The number of aromatic nitrogens is 4. The molecule has 0 amide bonds. The van der Waals surface area contributed by atoms with Crippen molar-refractivity contribution >= 4 is 17.7 Å². The number of halogens is 3. The fourth-order valence-electron chi connectivity index (χ4n) is 4.30. The fourth-order valence-corrected chi connectivity index (χ4v) is 4.30. The maximum atomic E-state index is 13.0. The molecule has 11 heteroatoms. The molecule has 1 aliphatic rings. The summed E-state index contributed by atoms with van der Waals surface area (Å²) in [5.41, 5.74) is 2.70. The summed E-state index contributed by atoms with van der Waals surface area (Å²) in [6.07, 6.45) is -2.26. The summed E-state index contributed by atoms with van der Waals surface area (Å²) >= 11 is 0. The molecule has 0 fully saturated rings. The van der Waals surface area contributed by atoms with Gasteiger partial charge in [-0.25, -0.2) is 9.78 Å². The predicted molar refractivity (Wildman–Crippen MR) is 133 cm³/mol. The van der Waals surface area contributed by atoms with E-state index in [1.807, 2.05) is 43.3 Å². The van der Waals surface area contributed by atoms with Crippen LogP contribution in [-0.2, 0) is 19.8 Å². The number of para-hydroxylation sites is 1. The third-order valence-corrected chi connectivity index (χ3v) is 6.07. The summed E-state index contributed by atoms with van der Waals surface area (Å²) in [6, 6.07) is 14.9. The van der Waals surface area contributed by atoms with E-state index in [1.165, 1.54) is 11.6 Å². The minimum atomic E-state index is -4.51. The van der Waals surface area contributed by atoms with E-state index in [0.717, 1.165) is 23.0 Å². The van der Waals surface area contributed by atoms with Gasteiger partial charge >= 0.3 is 11.9 Å². The second kappa shape index (κ2) is 8.74. The van der Waals surface area contributed by atoms with Crippen molar-refractivity contribution < 1.29 is 13.2 Å². The van der Waals surface area contributed by atoms with Gasteiger partial charge in [0.05, 0.1) is 12.8 Å². The van der Waals surface area contributed by atoms with E-state index >= 15 is 0 Å². The number of aliphatic imine (C=N–C) groups is 1. The molecule has 0 saturated heterocycles. The number of hydrogen-bond donors (Lipinski definition) is 2. The van der Waals surface area contributed by atoms with E-state index in [1.54, 1.807) is 35.0 Å². The highest BCUT2D eigenvalue weighted by atomic mass is 19.4. The Balaban J connectivity index is 1.40. The van der Waals surface area contributed by atoms with E-state index < -0.39 is 11.9 Å². The van der Waals surface area contributed by atoms with Gasteiger partial charge in [-0.3, -0.25) is 9.56 Å². The quantitative estimate of drug-likeness (QED) is 0.434. The lowest BCUT2D eigenvalue weighted by molar-refractivity contribution is -0.140. The lowest BCUT2D eigenvalue weighted by Crippen LogP contribution is -2.23. The Kier molecular flexibility index (Phi) is 5.70. The Labute approximate surface area is 204 Å². The Morgan fingerprint density at radius 2 is 1.81 bits per heavy atom. The van der Waals surface area contributed by atoms with Gasteiger partial charge in [-0.05, 0) is 11.6 Å². The van der Waals surface area contributed by atoms with Crippen LogP contribution in [0.1, 0.15) is 28.7 Å². The molecule has 8 nitrogen and oxygen atoms in total. The highest BCUT2D eigenvalue weighted by Gasteiger charge is 2.34. The summed E-state index contributed by atoms with van der Waals surface area (Å²) in [7, 11) is 5.44. The molecular weight excluding hydrogens is 471 g/mol. The Morgan fingerprint density at radius 3 is 2.47 bits per heavy atom. The number of fused-ring (bicyclic) bond motifs is 1. The SMILES string of the molecule is CN(C)c1ccccc1C1N=Cc2[nH]c(=O)n(Cc3ccc(-c4nc(C(F)(F)F)cn4C)cc3)c2N1. The van der Waals surface area contributed by atoms with Crippen LogP contribution in [0.4, 0.5) is 24.7 Å². The van der Waals surface area contributed by atoms with Gasteiger partial charge < -0.3 is 19.8 Å². The molecule has 0 spiro atoms. The van der Waals surface area contributed by atoms with E-state index in [2.05, 4.69) is 20.3 Å². The molecule has 0 saturated carbocycles. The fraction of sp³-hybridized carbons (Fsp3) is 0.240. The van der Waals surface area contributed by atoms with Crippen LogP contribution in [0.5, 0.6) is 0 Å². The third kappa shape index (κ3) is 4.28. The number of rotatable bonds is 5. The molecule has 36 heavy (non-hydrogen) atoms. The normalized spacial score (nSPS) is 15.0. The smallest absolute Gasteiger partial charge is 0.377 e. The summed E-state index contributed by atoms with van der Waals surface area (Å²) in [5.74, 6) is 0.835. The van der Waals surface area contributed by atoms with Crippen LogP contribution in [0.15, 0.2) is 64.5 Å². The first-order valence-electron chi connectivity index (χ1n) is 11.2. The largest absolute Gasteiger partial charge is 0.434 e. The van der Waals surface area contributed by atoms with Crippen LogP contribution < -0.4 is 15.9 Å². The second-order valence-electron chi connectivity index (χ2n) is 8.81. The monoisotopic (exact) mass is 495 g/mol. The van der Waals surface area contributed by atoms with Gasteiger partial charge in [0.2, 0.25) is 0 Å². The van der Waals surface area contributed by atoms with Crippen molar-refractivity contribution in [3.05, 3.63) is 87.7 Å². The highest BCUT2D eigenvalue weighted by molar-refractivity contribution is 5.86. The third-order valence-electron chi connectivity index (χ3n) is 6.07. The van der Waals surface area contributed by atoms with Crippen LogP contribution in [0.25, 0.3) is 11.4 Å². The Bertz CT molecular complexity index is 1490. The van der Waals surface area contributed by atoms with Crippen LogP contribution in [0.2, 0.25) is 0 Å². The maximum Gasteiger partial charge on any atom is 0.434 e. The zero-order valence-electron chi connectivity index (χ0n) is 19.8. The molecule has 3 heterocycles. The van der Waals surface area contributed by atoms with Gasteiger partial charge in [-0.15, -0.1) is 0 Å². The van der Waals surface area contributed by atoms with Crippen molar-refractivity contribution in [2.75, 3.05) is 24.3 Å². The maximum absolute atomic E-state index is 13.0. The van der Waals surface area contributed by atoms with Crippen LogP contribution >= 0.6 is 0 Å². The van der Waals surface area contributed by atoms with Crippen molar-refractivity contribution in [1.29, 1.82) is 0 Å². The Morgan fingerprint density at radius 1 is 1.08 bits per heavy atom. The molecule has 1 aliphatic heterocycles. The van der Waals surface area contributed by atoms with E-state index in [0.29, 0.717) is 17.1 Å². The molecule has 1 atom stereocenters. The highest BCUT2D eigenvalue weighted by Crippen LogP contribution is 2.33. The lowest BCUT2D eigenvalue weighted by Gasteiger charge is -2.25. The minimum absolute atomic E-state index is 0.213. The summed E-state index contributed by atoms with van der Waals surface area (Å²) in [6.45, 7) is 0.266. The number of imidazole rings is 2. The molecule has 5 rings (SSSR count). The minimum Gasteiger partial charge on any atom is -0.377 e. The van der Waals surface area contributed by atoms with Gasteiger partial charge in [0.1, 0.15) is 23.5 Å². The number of aromatic amines is 1. The topological polar surface area (TPSA) is 83.2 Å². The van der Waals surface area contributed by atoms with Gasteiger partial charge in [-0.1, -0.05) is 42.5 Å². The summed E-state index contributed by atoms with van der Waals surface area (Å²) in [4.78, 5) is 25.9. The average Bonchev–Trinajstić information content (AvgIpc) is 3.39. The number of benzene rings is 2. The molecule has 2 N–H and O–H groups in total. The zero-order chi connectivity index (χ0) is 25.6. The van der Waals surface area contributed by atoms with Gasteiger partial charge in [0.25, 0.3) is 0 Å². The first kappa shape index (κ1) is 23.5. The van der Waals surface area contributed by atoms with Gasteiger partial charge in [-0.2, -0.15) is 13.2 Å². The molecule has 0 bridgehead atoms. The van der Waals surface area contributed by atoms with Gasteiger partial charge in [0.15, 0.2) is 5.69 Å². The molecule has 4 aromatic rings. The number of alkyl halides is 3. The first-order chi connectivity index (χ1) is 17.1. The van der Waals surface area contributed by atoms with Crippen LogP contribution in [0, 0.1) is 0 Å². The number of hydrogen-bond acceptors (Lipinski definition) is 5. The number of nitrogens with zero attached hydrogens (tertiary/aromatic N) is 5. The molecule has 1 unspecified atom stereocenters. The number of H-pyrrole nitrogens is 1. The van der Waals surface area contributed by atoms with Crippen molar-refractivity contribution in [2.45, 2.75) is 18.9 Å². The van der Waals surface area contributed by atoms with Crippen LogP contribution in [0.3, 0.4) is 0 Å². The molecular formula is C25H24F3N7O. The zero-order valence-corrected chi connectivity index (χ0v) is 19.8. The number of anilines is 2. The molecule has 186 valence electrons. The molecule has 0 radical (unpaired) electrons. The van der Waals surface area contributed by atoms with Crippen LogP contribution in [-0.4, -0.2) is 39.4 Å². The van der Waals surface area contributed by atoms with Crippen molar-refractivity contribution in [1.82, 2.24) is 19.1 Å². The molecule has 2 aromatic heterocycles. The Hall–Kier alpha value is -4.28. The van der Waals surface area contributed by atoms with Crippen molar-refractivity contribution in [3.63, 3.8) is 0 Å². The number of nitrogens with one attached hydrogen (secondary N) is 2. The summed E-state index contributed by atoms with van der Waals surface area (Å²) < 4.78 is 42.0. The van der Waals surface area contributed by atoms with E-state index in [9.17, 15) is 18.0 Å². The van der Waals surface area contributed by atoms with Gasteiger partial charge in [0, 0.05) is 44.2 Å². The van der Waals surface area contributed by atoms with Crippen molar-refractivity contribution in [3.8, 4) is 11.4 Å². The standard InChI is InChI=1S/C25H24F3N7O/c1-33(2)19-7-5-4-6-17(19)21-29-12-18-23(32-21)35(24(36)30-18)13-15-8-10-16(11-9-15)22-31-20(14-34(22)3)25(26,27)28/h4-12,14,21,32H,13H2,1-3H3,(H,30,36). The lowest BCUT2D eigenvalue weighted by atomic mass is 10.1. The molecule has 2 aromatic carbocycles. The van der Waals surface area contributed by atoms with E-state index in [4.69, 9.17) is 0 Å². The van der Waals surface area contributed by atoms with E-state index in [-0.39, 0.29) is 24.2 Å². The number of aryl methyl sites for hydroxylation is 1. The average molecular weight is 496 g/mol.